The Morgan fingerprint density at radius 3 is 2.17 bits per heavy atom. The van der Waals surface area contributed by atoms with Crippen molar-refractivity contribution in [1.29, 1.82) is 0 Å². The molecular formula is C36H39ClFN3O4S. The van der Waals surface area contributed by atoms with Crippen LogP contribution in [0.4, 0.5) is 10.1 Å². The quantitative estimate of drug-likeness (QED) is 0.172. The van der Waals surface area contributed by atoms with Gasteiger partial charge in [0.1, 0.15) is 18.4 Å². The van der Waals surface area contributed by atoms with Gasteiger partial charge in [-0.2, -0.15) is 0 Å². The maximum Gasteiger partial charge on any atom is 0.264 e. The third-order valence-corrected chi connectivity index (χ3v) is 9.83. The standard InChI is InChI=1S/C36H39ClFN3O4S/c1-25(2)22-39-36(43)34(21-28-11-6-5-7-12-28)40(23-29-13-8-9-15-32(29)38)35(42)24-41(33-16-10-14-31(37)27(33)4)46(44,45)30-19-17-26(3)18-20-30/h5-20,25,34H,21-24H2,1-4H3,(H,39,43)/t34-/m1/s1. The van der Waals surface area contributed by atoms with Crippen LogP contribution in [0.15, 0.2) is 102 Å². The van der Waals surface area contributed by atoms with E-state index in [1.54, 1.807) is 55.5 Å². The predicted molar refractivity (Wildman–Crippen MR) is 181 cm³/mol. The molecule has 0 radical (unpaired) electrons. The van der Waals surface area contributed by atoms with E-state index in [2.05, 4.69) is 5.32 Å². The largest absolute Gasteiger partial charge is 0.354 e. The normalized spacial score (nSPS) is 12.1. The molecule has 0 aliphatic heterocycles. The molecule has 4 aromatic rings. The summed E-state index contributed by atoms with van der Waals surface area (Å²) in [5.41, 5.74) is 2.53. The molecule has 1 atom stereocenters. The maximum atomic E-state index is 15.1. The highest BCUT2D eigenvalue weighted by Crippen LogP contribution is 2.31. The molecule has 0 bridgehead atoms. The molecule has 4 aromatic carbocycles. The van der Waals surface area contributed by atoms with Crippen molar-refractivity contribution in [3.8, 4) is 0 Å². The molecule has 1 N–H and O–H groups in total. The lowest BCUT2D eigenvalue weighted by Crippen LogP contribution is -2.54. The first-order chi connectivity index (χ1) is 21.9. The van der Waals surface area contributed by atoms with Crippen molar-refractivity contribution in [2.45, 2.75) is 51.6 Å². The number of nitrogens with zero attached hydrogens (tertiary/aromatic N) is 2. The van der Waals surface area contributed by atoms with E-state index in [0.717, 1.165) is 15.4 Å². The van der Waals surface area contributed by atoms with Crippen molar-refractivity contribution in [3.05, 3.63) is 130 Å². The second-order valence-electron chi connectivity index (χ2n) is 11.7. The van der Waals surface area contributed by atoms with Gasteiger partial charge in [-0.05, 0) is 61.2 Å². The molecule has 0 aliphatic rings. The molecule has 0 saturated heterocycles. The number of aryl methyl sites for hydroxylation is 1. The molecule has 0 unspecified atom stereocenters. The summed E-state index contributed by atoms with van der Waals surface area (Å²) >= 11 is 6.43. The van der Waals surface area contributed by atoms with Crippen LogP contribution in [0.3, 0.4) is 0 Å². The first-order valence-corrected chi connectivity index (χ1v) is 16.9. The Labute approximate surface area is 276 Å². The average Bonchev–Trinajstić information content (AvgIpc) is 3.03. The van der Waals surface area contributed by atoms with Gasteiger partial charge in [0, 0.05) is 30.1 Å². The van der Waals surface area contributed by atoms with Crippen molar-refractivity contribution < 1.29 is 22.4 Å². The highest BCUT2D eigenvalue weighted by atomic mass is 35.5. The van der Waals surface area contributed by atoms with E-state index in [1.165, 1.54) is 23.1 Å². The number of hydrogen-bond donors (Lipinski definition) is 1. The summed E-state index contributed by atoms with van der Waals surface area (Å²) in [5, 5.41) is 3.25. The predicted octanol–water partition coefficient (Wildman–Crippen LogP) is 6.70. The van der Waals surface area contributed by atoms with Crippen LogP contribution in [0.2, 0.25) is 5.02 Å². The van der Waals surface area contributed by atoms with E-state index in [9.17, 15) is 18.0 Å². The van der Waals surface area contributed by atoms with E-state index in [-0.39, 0.29) is 35.0 Å². The summed E-state index contributed by atoms with van der Waals surface area (Å²) in [6.07, 6.45) is 0.131. The lowest BCUT2D eigenvalue weighted by molar-refractivity contribution is -0.140. The highest BCUT2D eigenvalue weighted by molar-refractivity contribution is 7.92. The van der Waals surface area contributed by atoms with Gasteiger partial charge in [-0.15, -0.1) is 0 Å². The average molecular weight is 664 g/mol. The number of anilines is 1. The molecule has 7 nitrogen and oxygen atoms in total. The van der Waals surface area contributed by atoms with Crippen LogP contribution in [0.25, 0.3) is 0 Å². The molecule has 0 saturated carbocycles. The minimum absolute atomic E-state index is 0.0126. The van der Waals surface area contributed by atoms with Gasteiger partial charge in [-0.1, -0.05) is 97.7 Å². The van der Waals surface area contributed by atoms with Crippen LogP contribution >= 0.6 is 11.6 Å². The van der Waals surface area contributed by atoms with Gasteiger partial charge in [0.05, 0.1) is 10.6 Å². The SMILES string of the molecule is Cc1ccc(S(=O)(=O)N(CC(=O)N(Cc2ccccc2F)[C@H](Cc2ccccc2)C(=O)NCC(C)C)c2cccc(Cl)c2C)cc1. The molecule has 0 heterocycles. The smallest absolute Gasteiger partial charge is 0.264 e. The van der Waals surface area contributed by atoms with Gasteiger partial charge in [-0.25, -0.2) is 12.8 Å². The van der Waals surface area contributed by atoms with Gasteiger partial charge in [0.25, 0.3) is 10.0 Å². The molecule has 2 amide bonds. The fourth-order valence-corrected chi connectivity index (χ4v) is 6.64. The third-order valence-electron chi connectivity index (χ3n) is 7.65. The fourth-order valence-electron chi connectivity index (χ4n) is 5.00. The Balaban J connectivity index is 1.84. The number of halogens is 2. The molecule has 0 spiro atoms. The number of carbonyl (C=O) groups excluding carboxylic acids is 2. The molecule has 242 valence electrons. The molecule has 0 aromatic heterocycles. The molecule has 0 aliphatic carbocycles. The van der Waals surface area contributed by atoms with Crippen LogP contribution in [0.5, 0.6) is 0 Å². The van der Waals surface area contributed by atoms with E-state index < -0.39 is 40.2 Å². The summed E-state index contributed by atoms with van der Waals surface area (Å²) in [6, 6.07) is 25.3. The Kier molecular flexibility index (Phi) is 11.6. The zero-order valence-electron chi connectivity index (χ0n) is 26.4. The minimum atomic E-state index is -4.29. The topological polar surface area (TPSA) is 86.8 Å². The van der Waals surface area contributed by atoms with E-state index in [1.807, 2.05) is 51.1 Å². The first kappa shape index (κ1) is 34.7. The number of hydrogen-bond acceptors (Lipinski definition) is 4. The first-order valence-electron chi connectivity index (χ1n) is 15.1. The maximum absolute atomic E-state index is 15.1. The summed E-state index contributed by atoms with van der Waals surface area (Å²) < 4.78 is 44.5. The number of amides is 2. The zero-order chi connectivity index (χ0) is 33.4. The third kappa shape index (κ3) is 8.53. The summed E-state index contributed by atoms with van der Waals surface area (Å²) in [5.74, 6) is -1.51. The number of carbonyl (C=O) groups is 2. The minimum Gasteiger partial charge on any atom is -0.354 e. The molecule has 10 heteroatoms. The van der Waals surface area contributed by atoms with Gasteiger partial charge in [0.15, 0.2) is 0 Å². The second-order valence-corrected chi connectivity index (χ2v) is 13.9. The van der Waals surface area contributed by atoms with Crippen molar-refractivity contribution >= 4 is 39.1 Å². The van der Waals surface area contributed by atoms with Crippen molar-refractivity contribution in [1.82, 2.24) is 10.2 Å². The number of rotatable bonds is 13. The Hall–Kier alpha value is -4.21. The lowest BCUT2D eigenvalue weighted by atomic mass is 10.0. The van der Waals surface area contributed by atoms with Gasteiger partial charge < -0.3 is 10.2 Å². The van der Waals surface area contributed by atoms with E-state index in [0.29, 0.717) is 17.1 Å². The molecule has 46 heavy (non-hydrogen) atoms. The number of benzene rings is 4. The Bertz CT molecular complexity index is 1770. The summed E-state index contributed by atoms with van der Waals surface area (Å²) in [4.78, 5) is 29.6. The van der Waals surface area contributed by atoms with Crippen molar-refractivity contribution in [3.63, 3.8) is 0 Å². The molecule has 0 fully saturated rings. The van der Waals surface area contributed by atoms with Crippen LogP contribution in [0, 0.1) is 25.6 Å². The monoisotopic (exact) mass is 663 g/mol. The number of sulfonamides is 1. The lowest BCUT2D eigenvalue weighted by Gasteiger charge is -2.34. The summed E-state index contributed by atoms with van der Waals surface area (Å²) in [6.45, 7) is 6.87. The van der Waals surface area contributed by atoms with Gasteiger partial charge in [-0.3, -0.25) is 13.9 Å². The van der Waals surface area contributed by atoms with E-state index >= 15 is 4.39 Å². The Morgan fingerprint density at radius 2 is 1.52 bits per heavy atom. The second kappa shape index (κ2) is 15.4. The van der Waals surface area contributed by atoms with Crippen LogP contribution < -0.4 is 9.62 Å². The number of nitrogens with one attached hydrogen (secondary N) is 1. The van der Waals surface area contributed by atoms with Crippen LogP contribution in [-0.4, -0.2) is 44.3 Å². The van der Waals surface area contributed by atoms with Crippen LogP contribution in [-0.2, 0) is 32.6 Å². The molecule has 4 rings (SSSR count). The van der Waals surface area contributed by atoms with Gasteiger partial charge in [0.2, 0.25) is 11.8 Å². The van der Waals surface area contributed by atoms with Gasteiger partial charge >= 0.3 is 0 Å². The van der Waals surface area contributed by atoms with Crippen molar-refractivity contribution in [2.24, 2.45) is 5.92 Å². The van der Waals surface area contributed by atoms with E-state index in [4.69, 9.17) is 11.6 Å². The summed E-state index contributed by atoms with van der Waals surface area (Å²) in [7, 11) is -4.29. The molecular weight excluding hydrogens is 625 g/mol. The fraction of sp³-hybridized carbons (Fsp3) is 0.278. The Morgan fingerprint density at radius 1 is 0.870 bits per heavy atom. The van der Waals surface area contributed by atoms with Crippen LogP contribution in [0.1, 0.15) is 36.1 Å². The zero-order valence-corrected chi connectivity index (χ0v) is 28.0. The highest BCUT2D eigenvalue weighted by Gasteiger charge is 2.35. The van der Waals surface area contributed by atoms with Crippen molar-refractivity contribution in [2.75, 3.05) is 17.4 Å².